The van der Waals surface area contributed by atoms with Gasteiger partial charge in [0.05, 0.1) is 0 Å². The van der Waals surface area contributed by atoms with Crippen LogP contribution >= 0.6 is 22.6 Å². The number of alkyl halides is 32. The van der Waals surface area contributed by atoms with Gasteiger partial charge in [0.25, 0.3) is 0 Å². The van der Waals surface area contributed by atoms with E-state index in [4.69, 9.17) is 0 Å². The van der Waals surface area contributed by atoms with Gasteiger partial charge in [-0.05, 0) is 0 Å². The third kappa shape index (κ3) is 5.20. The van der Waals surface area contributed by atoms with E-state index in [1.807, 2.05) is 0 Å². The molecule has 0 spiro atoms. The van der Waals surface area contributed by atoms with Gasteiger partial charge in [0.15, 0.2) is 0 Å². The zero-order chi connectivity index (χ0) is 39.5. The summed E-state index contributed by atoms with van der Waals surface area (Å²) < 4.78 is 403. The molecule has 0 aliphatic heterocycles. The molecule has 0 aliphatic rings. The highest BCUT2D eigenvalue weighted by atomic mass is 127. The highest BCUT2D eigenvalue weighted by Crippen LogP contribution is 2.70. The minimum atomic E-state index is -10.1. The Hall–Kier alpha value is -1.44. The smallest absolute Gasteiger partial charge is 0.216 e. The molecule has 0 aromatic heterocycles. The first-order valence-corrected chi connectivity index (χ1v) is 10.6. The molecule has 0 radical (unpaired) electrons. The lowest BCUT2D eigenvalue weighted by atomic mass is 9.81. The van der Waals surface area contributed by atoms with E-state index in [1.165, 1.54) is 0 Å². The fraction of sp³-hybridized carbons (Fsp3) is 1.00. The first kappa shape index (κ1) is 45.6. The predicted octanol–water partition coefficient (Wildman–Crippen LogP) is 10.8. The molecule has 0 saturated carbocycles. The van der Waals surface area contributed by atoms with Gasteiger partial charge in [0.2, 0.25) is 0 Å². The molecule has 0 amide bonds. The van der Waals surface area contributed by atoms with Crippen LogP contribution < -0.4 is 0 Å². The van der Waals surface area contributed by atoms with Crippen LogP contribution in [0.3, 0.4) is 0 Å². The molecular weight excluding hydrogens is 896 g/mol. The molecule has 0 aromatic carbocycles. The summed E-state index contributed by atoms with van der Waals surface area (Å²) in [6, 6.07) is 0. The molecule has 0 unspecified atom stereocenters. The summed E-state index contributed by atoms with van der Waals surface area (Å²) in [5.74, 6) is -106. The molecule has 0 bridgehead atoms. The normalized spacial score (nSPS) is 17.4. The van der Waals surface area contributed by atoms with Crippen molar-refractivity contribution in [3.63, 3.8) is 0 Å². The van der Waals surface area contributed by atoms with Gasteiger partial charge >= 0.3 is 87.1 Å². The van der Waals surface area contributed by atoms with Gasteiger partial charge in [-0.2, -0.15) is 132 Å². The minimum Gasteiger partial charge on any atom is -0.216 e. The molecule has 0 aliphatic carbocycles. The fourth-order valence-corrected chi connectivity index (χ4v) is 3.02. The van der Waals surface area contributed by atoms with Gasteiger partial charge in [0.1, 0.15) is 0 Å². The van der Waals surface area contributed by atoms with Crippen LogP contribution in [0.2, 0.25) is 0 Å². The highest BCUT2D eigenvalue weighted by Gasteiger charge is 3.02. The molecule has 0 nitrogen and oxygen atoms in total. The Morgan fingerprint density at radius 3 is 0.447 bits per heavy atom. The summed E-state index contributed by atoms with van der Waals surface area (Å²) in [5.41, 5.74) is -9.34. The molecule has 0 N–H and O–H groups in total. The SMILES string of the molecule is FC(F)(F)C(F)(C(F)(F)F)C(F)(F)C(F)(F)C(F)(F)C(F)(F)C(F)(F)C(F)(F)C(F)(F)C(F)(F)C(F)(F)C(F)(F)C(F)(F)C(F)(F)I. The topological polar surface area (TPSA) is 0 Å². The quantitative estimate of drug-likeness (QED) is 0.104. The minimum absolute atomic E-state index is 1.37. The van der Waals surface area contributed by atoms with E-state index in [2.05, 4.69) is 0 Å². The molecule has 284 valence electrons. The third-order valence-electron chi connectivity index (χ3n) is 5.51. The van der Waals surface area contributed by atoms with Crippen LogP contribution in [-0.2, 0) is 0 Å². The maximum atomic E-state index is 13.7. The average Bonchev–Trinajstić information content (AvgIpc) is 2.79. The van der Waals surface area contributed by atoms with Crippen molar-refractivity contribution < 1.29 is 136 Å². The highest BCUT2D eigenvalue weighted by molar-refractivity contribution is 14.1. The van der Waals surface area contributed by atoms with Crippen LogP contribution in [0.15, 0.2) is 0 Å². The number of halogens is 32. The van der Waals surface area contributed by atoms with Crippen molar-refractivity contribution in [3.8, 4) is 0 Å². The number of rotatable bonds is 12. The van der Waals surface area contributed by atoms with E-state index in [-0.39, 0.29) is 0 Å². The Kier molecular flexibility index (Phi) is 10.5. The Morgan fingerprint density at radius 2 is 0.319 bits per heavy atom. The average molecular weight is 896 g/mol. The number of hydrogen-bond donors (Lipinski definition) is 0. The van der Waals surface area contributed by atoms with Crippen molar-refractivity contribution >= 4 is 22.6 Å². The first-order chi connectivity index (χ1) is 19.5. The van der Waals surface area contributed by atoms with E-state index in [1.54, 1.807) is 0 Å². The van der Waals surface area contributed by atoms with E-state index >= 15 is 0 Å². The molecule has 0 saturated heterocycles. The van der Waals surface area contributed by atoms with Gasteiger partial charge in [-0.1, -0.05) is 0 Å². The van der Waals surface area contributed by atoms with Crippen molar-refractivity contribution in [2.75, 3.05) is 0 Å². The number of hydrogen-bond acceptors (Lipinski definition) is 0. The van der Waals surface area contributed by atoms with Gasteiger partial charge in [-0.25, -0.2) is 4.39 Å². The Labute approximate surface area is 246 Å². The van der Waals surface area contributed by atoms with Crippen molar-refractivity contribution in [2.45, 2.75) is 87.1 Å². The molecule has 0 aromatic rings. The second kappa shape index (κ2) is 10.8. The largest absolute Gasteiger partial charge is 0.438 e. The van der Waals surface area contributed by atoms with Crippen LogP contribution in [0.25, 0.3) is 0 Å². The first-order valence-electron chi connectivity index (χ1n) is 9.55. The molecule has 0 rings (SSSR count). The molecule has 47 heavy (non-hydrogen) atoms. The predicted molar refractivity (Wildman–Crippen MR) is 89.3 cm³/mol. The summed E-state index contributed by atoms with van der Waals surface area (Å²) in [6.07, 6.45) is -17.6. The summed E-state index contributed by atoms with van der Waals surface area (Å²) in [6.45, 7) is 0. The van der Waals surface area contributed by atoms with Crippen LogP contribution in [0.1, 0.15) is 0 Å². The maximum Gasteiger partial charge on any atom is 0.438 e. The van der Waals surface area contributed by atoms with Crippen LogP contribution in [-0.4, -0.2) is 87.1 Å². The van der Waals surface area contributed by atoms with Crippen molar-refractivity contribution in [1.82, 2.24) is 0 Å². The summed E-state index contributed by atoms with van der Waals surface area (Å²) >= 11 is -1.37. The monoisotopic (exact) mass is 896 g/mol. The standard InChI is InChI=1S/C15F31I/c16-1(13(39,40)41,14(42,43)44)2(17,18)3(19,20)4(21,22)5(23,24)6(25,26)7(27,28)8(29,30)9(31,32)10(33,34)11(35,36)12(37,38)15(45,46)47. The van der Waals surface area contributed by atoms with Gasteiger partial charge in [-0.15, -0.1) is 0 Å². The van der Waals surface area contributed by atoms with Crippen molar-refractivity contribution in [2.24, 2.45) is 0 Å². The van der Waals surface area contributed by atoms with Gasteiger partial charge in [0, 0.05) is 22.6 Å². The maximum absolute atomic E-state index is 13.7. The Balaban J connectivity index is 7.72. The zero-order valence-electron chi connectivity index (χ0n) is 19.6. The second-order valence-corrected chi connectivity index (χ2v) is 9.82. The molecule has 0 fully saturated rings. The summed E-state index contributed by atoms with van der Waals surface area (Å²) in [5, 5.41) is 0. The van der Waals surface area contributed by atoms with Crippen LogP contribution in [0, 0.1) is 0 Å². The molecular formula is C15F31I. The lowest BCUT2D eigenvalue weighted by Crippen LogP contribution is -2.80. The third-order valence-corrected chi connectivity index (χ3v) is 6.19. The van der Waals surface area contributed by atoms with Crippen LogP contribution in [0.4, 0.5) is 136 Å². The Morgan fingerprint density at radius 1 is 0.191 bits per heavy atom. The lowest BCUT2D eigenvalue weighted by molar-refractivity contribution is -0.490. The zero-order valence-corrected chi connectivity index (χ0v) is 21.8. The lowest BCUT2D eigenvalue weighted by Gasteiger charge is -2.47. The molecule has 32 heteroatoms. The molecule has 0 heterocycles. The van der Waals surface area contributed by atoms with Crippen molar-refractivity contribution in [1.29, 1.82) is 0 Å². The van der Waals surface area contributed by atoms with Crippen molar-refractivity contribution in [3.05, 3.63) is 0 Å². The van der Waals surface area contributed by atoms with E-state index in [0.717, 1.165) is 0 Å². The Bertz CT molecular complexity index is 1130. The summed E-state index contributed by atoms with van der Waals surface area (Å²) in [4.78, 5) is 0. The van der Waals surface area contributed by atoms with E-state index < -0.39 is 110 Å². The van der Waals surface area contributed by atoms with Gasteiger partial charge in [-0.3, -0.25) is 0 Å². The van der Waals surface area contributed by atoms with Crippen LogP contribution in [0.5, 0.6) is 0 Å². The van der Waals surface area contributed by atoms with E-state index in [0.29, 0.717) is 0 Å². The van der Waals surface area contributed by atoms with E-state index in [9.17, 15) is 136 Å². The second-order valence-electron chi connectivity index (χ2n) is 8.47. The van der Waals surface area contributed by atoms with Gasteiger partial charge < -0.3 is 0 Å². The molecule has 0 atom stereocenters. The summed E-state index contributed by atoms with van der Waals surface area (Å²) in [7, 11) is 0. The fourth-order valence-electron chi connectivity index (χ4n) is 2.69.